The summed E-state index contributed by atoms with van der Waals surface area (Å²) in [6.07, 6.45) is 2.95. The fraction of sp³-hybridized carbons (Fsp3) is 0.357. The third kappa shape index (κ3) is 2.39. The normalized spacial score (nSPS) is 15.0. The molecular weight excluding hydrogens is 324 g/mol. The predicted molar refractivity (Wildman–Crippen MR) is 85.4 cm³/mol. The summed E-state index contributed by atoms with van der Waals surface area (Å²) in [6.45, 7) is 0.867. The summed E-state index contributed by atoms with van der Waals surface area (Å²) in [6, 6.07) is 5.65. The molecule has 0 saturated heterocycles. The maximum absolute atomic E-state index is 13.0. The quantitative estimate of drug-likeness (QED) is 0.921. The minimum Gasteiger partial charge on any atom is -0.326 e. The SMILES string of the molecule is Cn1ncc(Cl)c1S(=O)(=O)N1CCCc2cc(CN)ccc21. The van der Waals surface area contributed by atoms with Gasteiger partial charge in [-0.25, -0.2) is 0 Å². The lowest BCUT2D eigenvalue weighted by atomic mass is 10.0. The topological polar surface area (TPSA) is 81.2 Å². The number of halogens is 1. The van der Waals surface area contributed by atoms with Gasteiger partial charge < -0.3 is 5.73 Å². The molecule has 0 radical (unpaired) electrons. The van der Waals surface area contributed by atoms with Crippen molar-refractivity contribution in [2.45, 2.75) is 24.4 Å². The molecule has 0 atom stereocenters. The van der Waals surface area contributed by atoms with Crippen LogP contribution in [0.3, 0.4) is 0 Å². The molecule has 2 heterocycles. The lowest BCUT2D eigenvalue weighted by Gasteiger charge is -2.30. The molecule has 0 unspecified atom stereocenters. The molecule has 2 N–H and O–H groups in total. The van der Waals surface area contributed by atoms with Crippen LogP contribution >= 0.6 is 11.6 Å². The van der Waals surface area contributed by atoms with Gasteiger partial charge in [0.1, 0.15) is 0 Å². The Labute approximate surface area is 134 Å². The minimum atomic E-state index is -3.74. The summed E-state index contributed by atoms with van der Waals surface area (Å²) in [5.74, 6) is 0. The second-order valence-electron chi connectivity index (χ2n) is 5.27. The number of aryl methyl sites for hydroxylation is 2. The van der Waals surface area contributed by atoms with Crippen molar-refractivity contribution in [3.05, 3.63) is 40.5 Å². The Morgan fingerprint density at radius 3 is 2.82 bits per heavy atom. The first-order valence-corrected chi connectivity index (χ1v) is 8.79. The molecule has 2 aromatic rings. The molecule has 1 aromatic heterocycles. The minimum absolute atomic E-state index is 0.0184. The van der Waals surface area contributed by atoms with Crippen LogP contribution in [0.25, 0.3) is 0 Å². The van der Waals surface area contributed by atoms with Crippen LogP contribution in [0, 0.1) is 0 Å². The van der Waals surface area contributed by atoms with E-state index in [0.29, 0.717) is 18.8 Å². The van der Waals surface area contributed by atoms with E-state index in [2.05, 4.69) is 5.10 Å². The first-order valence-electron chi connectivity index (χ1n) is 6.97. The van der Waals surface area contributed by atoms with Gasteiger partial charge in [-0.3, -0.25) is 8.99 Å². The number of hydrogen-bond acceptors (Lipinski definition) is 4. The Morgan fingerprint density at radius 1 is 1.41 bits per heavy atom. The van der Waals surface area contributed by atoms with Crippen LogP contribution in [0.1, 0.15) is 17.5 Å². The van der Waals surface area contributed by atoms with E-state index in [9.17, 15) is 8.42 Å². The molecule has 22 heavy (non-hydrogen) atoms. The number of fused-ring (bicyclic) bond motifs is 1. The molecule has 1 aromatic carbocycles. The first-order chi connectivity index (χ1) is 10.4. The Kier molecular flexibility index (Phi) is 3.88. The molecule has 0 amide bonds. The molecule has 0 bridgehead atoms. The van der Waals surface area contributed by atoms with Crippen molar-refractivity contribution in [1.82, 2.24) is 9.78 Å². The fourth-order valence-corrected chi connectivity index (χ4v) is 4.94. The van der Waals surface area contributed by atoms with E-state index in [4.69, 9.17) is 17.3 Å². The number of sulfonamides is 1. The van der Waals surface area contributed by atoms with Crippen LogP contribution in [0.5, 0.6) is 0 Å². The number of nitrogens with zero attached hydrogens (tertiary/aromatic N) is 3. The van der Waals surface area contributed by atoms with Crippen LogP contribution in [0.15, 0.2) is 29.4 Å². The highest BCUT2D eigenvalue weighted by molar-refractivity contribution is 7.92. The monoisotopic (exact) mass is 340 g/mol. The Bertz CT molecular complexity index is 797. The smallest absolute Gasteiger partial charge is 0.283 e. The van der Waals surface area contributed by atoms with Gasteiger partial charge in [-0.2, -0.15) is 13.5 Å². The van der Waals surface area contributed by atoms with Gasteiger partial charge in [0.05, 0.1) is 16.9 Å². The molecule has 0 saturated carbocycles. The van der Waals surface area contributed by atoms with Crippen LogP contribution in [0.2, 0.25) is 5.02 Å². The molecule has 6 nitrogen and oxygen atoms in total. The zero-order valence-electron chi connectivity index (χ0n) is 12.2. The second-order valence-corrected chi connectivity index (χ2v) is 7.45. The summed E-state index contributed by atoms with van der Waals surface area (Å²) in [4.78, 5) is 0. The number of benzene rings is 1. The number of hydrogen-bond donors (Lipinski definition) is 1. The summed E-state index contributed by atoms with van der Waals surface area (Å²) < 4.78 is 28.6. The summed E-state index contributed by atoms with van der Waals surface area (Å²) in [5.41, 5.74) is 8.35. The maximum Gasteiger partial charge on any atom is 0.283 e. The van der Waals surface area contributed by atoms with Crippen molar-refractivity contribution in [1.29, 1.82) is 0 Å². The average Bonchev–Trinajstić information content (AvgIpc) is 2.85. The standard InChI is InChI=1S/C14H17ClN4O2S/c1-18-14(12(15)9-17-18)22(20,21)19-6-2-3-11-7-10(8-16)4-5-13(11)19/h4-5,7,9H,2-3,6,8,16H2,1H3. The molecular formula is C14H17ClN4O2S. The highest BCUT2D eigenvalue weighted by Crippen LogP contribution is 2.34. The van der Waals surface area contributed by atoms with Crippen LogP contribution in [0.4, 0.5) is 5.69 Å². The Morgan fingerprint density at radius 2 is 2.18 bits per heavy atom. The highest BCUT2D eigenvalue weighted by Gasteiger charge is 2.33. The summed E-state index contributed by atoms with van der Waals surface area (Å²) in [5, 5.41) is 4.07. The van der Waals surface area contributed by atoms with E-state index in [-0.39, 0.29) is 10.0 Å². The van der Waals surface area contributed by atoms with Gasteiger partial charge in [-0.1, -0.05) is 23.7 Å². The van der Waals surface area contributed by atoms with Crippen molar-refractivity contribution >= 4 is 27.3 Å². The van der Waals surface area contributed by atoms with E-state index < -0.39 is 10.0 Å². The van der Waals surface area contributed by atoms with Crippen molar-refractivity contribution in [3.63, 3.8) is 0 Å². The van der Waals surface area contributed by atoms with Crippen molar-refractivity contribution in [3.8, 4) is 0 Å². The number of aromatic nitrogens is 2. The summed E-state index contributed by atoms with van der Waals surface area (Å²) >= 11 is 6.02. The molecule has 8 heteroatoms. The molecule has 0 aliphatic carbocycles. The van der Waals surface area contributed by atoms with Crippen molar-refractivity contribution in [2.75, 3.05) is 10.8 Å². The van der Waals surface area contributed by atoms with Crippen LogP contribution in [-0.2, 0) is 30.0 Å². The first kappa shape index (κ1) is 15.3. The molecule has 1 aliphatic rings. The molecule has 118 valence electrons. The van der Waals surface area contributed by atoms with Gasteiger partial charge in [-0.15, -0.1) is 0 Å². The number of nitrogens with two attached hydrogens (primary N) is 1. The van der Waals surface area contributed by atoms with Crippen molar-refractivity contribution in [2.24, 2.45) is 12.8 Å². The molecule has 3 rings (SSSR count). The van der Waals surface area contributed by atoms with E-state index >= 15 is 0 Å². The van der Waals surface area contributed by atoms with E-state index in [1.807, 2.05) is 18.2 Å². The third-order valence-corrected chi connectivity index (χ3v) is 6.15. The highest BCUT2D eigenvalue weighted by atomic mass is 35.5. The Balaban J connectivity index is 2.11. The van der Waals surface area contributed by atoms with Gasteiger partial charge in [-0.05, 0) is 30.0 Å². The zero-order valence-corrected chi connectivity index (χ0v) is 13.7. The summed E-state index contributed by atoms with van der Waals surface area (Å²) in [7, 11) is -2.17. The number of anilines is 1. The largest absolute Gasteiger partial charge is 0.326 e. The Hall–Kier alpha value is -1.57. The molecule has 1 aliphatic heterocycles. The van der Waals surface area contributed by atoms with Gasteiger partial charge in [0.25, 0.3) is 10.0 Å². The second kappa shape index (κ2) is 5.57. The number of rotatable bonds is 3. The molecule has 0 spiro atoms. The average molecular weight is 341 g/mol. The van der Waals surface area contributed by atoms with Gasteiger partial charge in [0.15, 0.2) is 5.03 Å². The van der Waals surface area contributed by atoms with E-state index in [1.54, 1.807) is 7.05 Å². The lowest BCUT2D eigenvalue weighted by molar-refractivity contribution is 0.568. The van der Waals surface area contributed by atoms with E-state index in [1.165, 1.54) is 15.2 Å². The maximum atomic E-state index is 13.0. The van der Waals surface area contributed by atoms with Crippen LogP contribution in [-0.4, -0.2) is 24.7 Å². The van der Waals surface area contributed by atoms with Gasteiger partial charge in [0.2, 0.25) is 0 Å². The lowest BCUT2D eigenvalue weighted by Crippen LogP contribution is -2.36. The van der Waals surface area contributed by atoms with Gasteiger partial charge >= 0.3 is 0 Å². The van der Waals surface area contributed by atoms with Crippen molar-refractivity contribution < 1.29 is 8.42 Å². The van der Waals surface area contributed by atoms with E-state index in [0.717, 1.165) is 24.0 Å². The van der Waals surface area contributed by atoms with Gasteiger partial charge in [0, 0.05) is 20.1 Å². The predicted octanol–water partition coefficient (Wildman–Crippen LogP) is 1.67. The van der Waals surface area contributed by atoms with Crippen LogP contribution < -0.4 is 10.0 Å². The zero-order chi connectivity index (χ0) is 15.9. The fourth-order valence-electron chi connectivity index (χ4n) is 2.79. The third-order valence-electron chi connectivity index (χ3n) is 3.83. The molecule has 0 fully saturated rings.